The molecule has 48 nitrogen and oxygen atoms in total. The molecule has 0 aromatic heterocycles. The van der Waals surface area contributed by atoms with E-state index in [1.165, 1.54) is 0 Å². The van der Waals surface area contributed by atoms with Crippen LogP contribution in [0.25, 0.3) is 0 Å². The van der Waals surface area contributed by atoms with Gasteiger partial charge in [-0.25, -0.2) is 0 Å². The summed E-state index contributed by atoms with van der Waals surface area (Å²) in [7, 11) is 0. The van der Waals surface area contributed by atoms with E-state index in [0.717, 1.165) is 12.8 Å². The summed E-state index contributed by atoms with van der Waals surface area (Å²) in [6, 6.07) is -6.30. The molecule has 4 aliphatic carbocycles. The molecule has 736 valence electrons. The fourth-order valence-electron chi connectivity index (χ4n) is 18.8. The Hall–Kier alpha value is -1.92. The van der Waals surface area contributed by atoms with Crippen LogP contribution in [-0.4, -0.2) is 428 Å². The molecule has 9 saturated heterocycles. The van der Waals surface area contributed by atoms with Crippen molar-refractivity contribution in [2.24, 2.45) is 110 Å². The van der Waals surface area contributed by atoms with E-state index in [2.05, 4.69) is 0 Å². The van der Waals surface area contributed by atoms with Gasteiger partial charge in [0.25, 0.3) is 0 Å². The Balaban J connectivity index is 0.000000184. The van der Waals surface area contributed by atoms with Crippen LogP contribution in [-0.2, 0) is 85.3 Å². The third-order valence-corrected chi connectivity index (χ3v) is 27.4. The van der Waals surface area contributed by atoms with E-state index in [0.29, 0.717) is 50.9 Å². The lowest BCUT2D eigenvalue weighted by atomic mass is 9.84. The van der Waals surface area contributed by atoms with Crippen LogP contribution in [0.4, 0.5) is 0 Å². The lowest BCUT2D eigenvalue weighted by molar-refractivity contribution is -0.297. The maximum absolute atomic E-state index is 11.2. The van der Waals surface area contributed by atoms with Crippen LogP contribution in [0.5, 0.6) is 0 Å². The van der Waals surface area contributed by atoms with Gasteiger partial charge in [0.05, 0.1) is 92.9 Å². The third-order valence-electron chi connectivity index (χ3n) is 27.4. The molecule has 13 rings (SSSR count). The minimum absolute atomic E-state index is 0.0766. The van der Waals surface area contributed by atoms with E-state index in [1.807, 2.05) is 13.8 Å². The molecule has 3 unspecified atom stereocenters. The molecule has 13 fully saturated rings. The number of ether oxygens (including phenoxy) is 18. The van der Waals surface area contributed by atoms with Crippen LogP contribution < -0.4 is 86.0 Å². The first kappa shape index (κ1) is 105. The molecule has 48 heteroatoms. The van der Waals surface area contributed by atoms with Crippen molar-refractivity contribution in [3.8, 4) is 0 Å². The van der Waals surface area contributed by atoms with Gasteiger partial charge in [-0.15, -0.1) is 0 Å². The quantitative estimate of drug-likeness (QED) is 0.0331. The predicted molar refractivity (Wildman–Crippen MR) is 436 cm³/mol. The molecule has 0 aromatic carbocycles. The molecule has 54 atom stereocenters. The second-order valence-electron chi connectivity index (χ2n) is 36.8. The van der Waals surface area contributed by atoms with Gasteiger partial charge in [-0.2, -0.15) is 0 Å². The van der Waals surface area contributed by atoms with Gasteiger partial charge >= 0.3 is 0 Å². The topological polar surface area (TPSA) is 860 Å². The first-order valence-corrected chi connectivity index (χ1v) is 44.7. The maximum Gasteiger partial charge on any atom is 0.187 e. The predicted octanol–water partition coefficient (Wildman–Crippen LogP) is -14.6. The van der Waals surface area contributed by atoms with Crippen molar-refractivity contribution in [2.45, 2.75) is 424 Å². The van der Waals surface area contributed by atoms with Crippen LogP contribution in [0.2, 0.25) is 0 Å². The van der Waals surface area contributed by atoms with E-state index < -0.39 is 313 Å². The molecule has 4 saturated carbocycles. The SMILES string of the molecule is CC[C@H](N)[C@@H]1CC[C@@H](N)[C@@H](O[C@H]2[C@H](O[C@@H]3O[C@H](CO)[C@@H](OC4O[C@@H](CN)[C@@H](O)[C@H](O)[C@H]4C)[C@H]3O)[C@@H](O)[C@H](N)C[C@@H]2N)O1.C[C@H](N)[C@@H]1CC[C@@H](N)[C@@H](O[C@H]2[C@H](O[C@@H]3O[C@H](CO)[C@@H](OC4O[C@@H](CN)[C@@H](O)[C@H](O)[C@H]4C)[C@H]3O)[C@@H](O)[C@H](N)C[C@@H]2N)O1.C[C@H]1C(O[C@H]2[C@@H](O)[C@H](O[C@@H]3[C@@H](O)[C@H](N)C[C@H](N)[C@H]3O[C@H]3O[C@H]([C@@H](N)C4CC4)CC[C@H]3N)O[C@@H]2CO)O[C@@H](CN)[C@@H](O)[C@@H]1O. The van der Waals surface area contributed by atoms with Crippen molar-refractivity contribution in [1.29, 1.82) is 0 Å². The highest BCUT2D eigenvalue weighted by Crippen LogP contribution is 2.43. The molecule has 0 bridgehead atoms. The average molecular weight is 1830 g/mol. The zero-order chi connectivity index (χ0) is 92.2. The summed E-state index contributed by atoms with van der Waals surface area (Å²) in [5.41, 5.74) is 92.4. The molecule has 45 N–H and O–H groups in total. The van der Waals surface area contributed by atoms with Gasteiger partial charge in [0, 0.05) is 91.8 Å². The van der Waals surface area contributed by atoms with Crippen molar-refractivity contribution < 1.29 is 162 Å². The Morgan fingerprint density at radius 2 is 0.540 bits per heavy atom. The van der Waals surface area contributed by atoms with Crippen LogP contribution >= 0.6 is 0 Å². The lowest BCUT2D eigenvalue weighted by Crippen LogP contribution is -2.65. The maximum atomic E-state index is 11.2. The normalized spacial score (nSPS) is 51.6. The molecular weight excluding hydrogens is 1670 g/mol. The number of aliphatic hydroxyl groups is 15. The van der Waals surface area contributed by atoms with Gasteiger partial charge in [-0.3, -0.25) is 0 Å². The van der Waals surface area contributed by atoms with E-state index in [4.69, 9.17) is 171 Å². The van der Waals surface area contributed by atoms with E-state index in [1.54, 1.807) is 20.8 Å². The fourth-order valence-corrected chi connectivity index (χ4v) is 18.8. The number of aliphatic hydroxyl groups excluding tert-OH is 15. The summed E-state index contributed by atoms with van der Waals surface area (Å²) in [5, 5.41) is 159. The number of hydrogen-bond donors (Lipinski definition) is 30. The highest BCUT2D eigenvalue weighted by atomic mass is 16.8. The largest absolute Gasteiger partial charge is 0.394 e. The summed E-state index contributed by atoms with van der Waals surface area (Å²) in [4.78, 5) is 0. The molecule has 9 aliphatic heterocycles. The van der Waals surface area contributed by atoms with Crippen LogP contribution in [0, 0.1) is 23.7 Å². The summed E-state index contributed by atoms with van der Waals surface area (Å²) in [5.74, 6) is -1.68. The molecular formula is C78H151N15O33. The number of rotatable bonds is 29. The van der Waals surface area contributed by atoms with Crippen LogP contribution in [0.1, 0.15) is 112 Å². The van der Waals surface area contributed by atoms with Gasteiger partial charge in [-0.1, -0.05) is 27.7 Å². The highest BCUT2D eigenvalue weighted by molar-refractivity contribution is 5.06. The Morgan fingerprint density at radius 3 is 0.817 bits per heavy atom. The standard InChI is InChI=1S/C27H51N5O11.C26H51N5O11.C25H49N5O11/c1-9-18(34)20(36)15(7-28)39-25(9)42-23-16(8-33)40-27(21(23)37)43-24-19(35)12(30)6-13(31)22(24)41-26-11(29)4-5-14(38-26)17(32)10-2-3-10;1-3-10(28)14-5-4-11(29)25(37-14)40-21-13(31)6-12(30)18(34)23(21)42-26-20(36)22(16(8-32)39-26)41-24-9(2)17(33)19(35)15(7-27)38-24;1-8-16(32)18(34)14(6-26)37-23(8)40-21-15(7-31)38-25(19(21)35)41-22-17(33)11(29)5-12(30)20(22)39-24-10(28)3-4-13(36-24)9(2)27/h9-27,33-37H,2-8,28-32H2,1H3;9-26,32-36H,3-8,27-31H2,1-2H3;8-25,31-35H,3-7,26-30H2,1-2H3/t9-,11-,12-,13+,14+,15+,16-,17+,18-,19+,20-,21-,22-,23-,24-,25?,26-,27+;9-,10+,11-,12-,13+,14+,15+,16-,17-,18+,19-,20-,21-,22-,23-,24?,25-,26+;8-,9+,10-,11-,12+,13+,14+,15-,16-,17+,18-,19-,20-,21-,22-,23?,24-,25+/m111/s1. The van der Waals surface area contributed by atoms with Crippen LogP contribution in [0.3, 0.4) is 0 Å². The summed E-state index contributed by atoms with van der Waals surface area (Å²) < 4.78 is 108. The first-order valence-electron chi connectivity index (χ1n) is 44.7. The van der Waals surface area contributed by atoms with Gasteiger partial charge < -0.3 is 248 Å². The van der Waals surface area contributed by atoms with Crippen molar-refractivity contribution in [3.05, 3.63) is 0 Å². The highest BCUT2D eigenvalue weighted by Gasteiger charge is 2.59. The molecule has 0 aromatic rings. The smallest absolute Gasteiger partial charge is 0.187 e. The van der Waals surface area contributed by atoms with Crippen molar-refractivity contribution in [2.75, 3.05) is 39.5 Å². The molecule has 0 radical (unpaired) electrons. The Bertz CT molecular complexity index is 3230. The molecule has 9 heterocycles. The monoisotopic (exact) mass is 1830 g/mol. The second kappa shape index (κ2) is 46.3. The first-order chi connectivity index (χ1) is 59.7. The summed E-state index contributed by atoms with van der Waals surface area (Å²) in [6.45, 7) is 6.72. The van der Waals surface area contributed by atoms with E-state index in [-0.39, 0.29) is 75.3 Å². The van der Waals surface area contributed by atoms with Crippen molar-refractivity contribution >= 4 is 0 Å². The van der Waals surface area contributed by atoms with E-state index >= 15 is 0 Å². The Kier molecular flexibility index (Phi) is 38.4. The number of nitrogens with two attached hydrogens (primary N) is 15. The van der Waals surface area contributed by atoms with Crippen LogP contribution in [0.15, 0.2) is 0 Å². The zero-order valence-electron chi connectivity index (χ0n) is 72.2. The van der Waals surface area contributed by atoms with Gasteiger partial charge in [-0.05, 0) is 89.9 Å². The number of hydrogen-bond acceptors (Lipinski definition) is 48. The van der Waals surface area contributed by atoms with Gasteiger partial charge in [0.2, 0.25) is 0 Å². The summed E-state index contributed by atoms with van der Waals surface area (Å²) >= 11 is 0. The minimum atomic E-state index is -1.47. The summed E-state index contributed by atoms with van der Waals surface area (Å²) in [6.07, 6.45) is -34.5. The van der Waals surface area contributed by atoms with E-state index in [9.17, 15) is 76.6 Å². The third kappa shape index (κ3) is 23.8. The average Bonchev–Trinajstić information content (AvgIpc) is 1.54. The Labute approximate surface area is 732 Å². The molecule has 0 spiro atoms. The molecule has 126 heavy (non-hydrogen) atoms. The minimum Gasteiger partial charge on any atom is -0.394 e. The zero-order valence-corrected chi connectivity index (χ0v) is 72.2. The molecule has 0 amide bonds. The van der Waals surface area contributed by atoms with Gasteiger partial charge in [0.1, 0.15) is 128 Å². The lowest BCUT2D eigenvalue weighted by Gasteiger charge is -2.46. The van der Waals surface area contributed by atoms with Crippen molar-refractivity contribution in [1.82, 2.24) is 0 Å². The fraction of sp³-hybridized carbons (Fsp3) is 1.00. The van der Waals surface area contributed by atoms with Gasteiger partial charge in [0.15, 0.2) is 56.6 Å². The van der Waals surface area contributed by atoms with Crippen molar-refractivity contribution in [3.63, 3.8) is 0 Å². The molecule has 13 aliphatic rings. The Morgan fingerprint density at radius 1 is 0.278 bits per heavy atom. The second-order valence-corrected chi connectivity index (χ2v) is 36.8.